The SMILES string of the molecule is CC(=O)NNC(=O)COc1ccc(Cl)c2ccccc12. The third-order valence-electron chi connectivity index (χ3n) is 2.57. The molecule has 0 bridgehead atoms. The van der Waals surface area contributed by atoms with E-state index in [0.717, 1.165) is 10.8 Å². The van der Waals surface area contributed by atoms with Gasteiger partial charge in [-0.15, -0.1) is 0 Å². The lowest BCUT2D eigenvalue weighted by Gasteiger charge is -2.10. The van der Waals surface area contributed by atoms with Crippen molar-refractivity contribution < 1.29 is 14.3 Å². The zero-order chi connectivity index (χ0) is 14.5. The standard InChI is InChI=1S/C14H13ClN2O3/c1-9(18)16-17-14(19)8-20-13-7-6-12(15)10-4-2-3-5-11(10)13/h2-7H,8H2,1H3,(H,16,18)(H,17,19). The number of rotatable bonds is 3. The highest BCUT2D eigenvalue weighted by molar-refractivity contribution is 6.35. The van der Waals surface area contributed by atoms with Crippen LogP contribution in [0.4, 0.5) is 0 Å². The first-order chi connectivity index (χ1) is 9.58. The molecular weight excluding hydrogens is 280 g/mol. The number of carbonyl (C=O) groups excluding carboxylic acids is 2. The molecule has 0 radical (unpaired) electrons. The van der Waals surface area contributed by atoms with Crippen LogP contribution in [0.15, 0.2) is 36.4 Å². The van der Waals surface area contributed by atoms with Crippen LogP contribution < -0.4 is 15.6 Å². The van der Waals surface area contributed by atoms with E-state index in [9.17, 15) is 9.59 Å². The van der Waals surface area contributed by atoms with Crippen LogP contribution in [0.1, 0.15) is 6.92 Å². The van der Waals surface area contributed by atoms with Crippen LogP contribution in [0, 0.1) is 0 Å². The Hall–Kier alpha value is -2.27. The van der Waals surface area contributed by atoms with Gasteiger partial charge in [-0.2, -0.15) is 0 Å². The first-order valence-electron chi connectivity index (χ1n) is 5.93. The second kappa shape index (κ2) is 6.25. The average Bonchev–Trinajstić information content (AvgIpc) is 2.45. The van der Waals surface area contributed by atoms with Crippen molar-refractivity contribution in [2.45, 2.75) is 6.92 Å². The van der Waals surface area contributed by atoms with Crippen molar-refractivity contribution in [3.8, 4) is 5.75 Å². The van der Waals surface area contributed by atoms with Crippen LogP contribution >= 0.6 is 11.6 Å². The van der Waals surface area contributed by atoms with Crippen LogP contribution in [0.2, 0.25) is 5.02 Å². The van der Waals surface area contributed by atoms with E-state index >= 15 is 0 Å². The van der Waals surface area contributed by atoms with Crippen LogP contribution in [-0.4, -0.2) is 18.4 Å². The molecule has 104 valence electrons. The predicted molar refractivity (Wildman–Crippen MR) is 76.4 cm³/mol. The van der Waals surface area contributed by atoms with Gasteiger partial charge in [0.05, 0.1) is 0 Å². The zero-order valence-corrected chi connectivity index (χ0v) is 11.5. The van der Waals surface area contributed by atoms with Crippen LogP contribution in [0.25, 0.3) is 10.8 Å². The number of halogens is 1. The maximum absolute atomic E-state index is 11.4. The van der Waals surface area contributed by atoms with Crippen LogP contribution in [-0.2, 0) is 9.59 Å². The molecule has 0 saturated carbocycles. The van der Waals surface area contributed by atoms with Crippen molar-refractivity contribution >= 4 is 34.2 Å². The topological polar surface area (TPSA) is 67.4 Å². The van der Waals surface area contributed by atoms with Gasteiger partial charge >= 0.3 is 0 Å². The van der Waals surface area contributed by atoms with Gasteiger partial charge in [-0.3, -0.25) is 20.4 Å². The molecule has 20 heavy (non-hydrogen) atoms. The van der Waals surface area contributed by atoms with Gasteiger partial charge < -0.3 is 4.74 Å². The van der Waals surface area contributed by atoms with Gasteiger partial charge in [0, 0.05) is 22.7 Å². The molecule has 0 aromatic heterocycles. The molecule has 0 aliphatic rings. The van der Waals surface area contributed by atoms with E-state index in [0.29, 0.717) is 10.8 Å². The highest BCUT2D eigenvalue weighted by Crippen LogP contribution is 2.31. The molecule has 0 fully saturated rings. The van der Waals surface area contributed by atoms with Crippen molar-refractivity contribution in [2.24, 2.45) is 0 Å². The summed E-state index contributed by atoms with van der Waals surface area (Å²) in [6, 6.07) is 10.9. The minimum absolute atomic E-state index is 0.202. The number of hydrogen-bond donors (Lipinski definition) is 2. The molecule has 6 heteroatoms. The second-order valence-corrected chi connectivity index (χ2v) is 4.52. The maximum atomic E-state index is 11.4. The number of carbonyl (C=O) groups is 2. The van der Waals surface area contributed by atoms with E-state index in [4.69, 9.17) is 16.3 Å². The van der Waals surface area contributed by atoms with Gasteiger partial charge in [-0.05, 0) is 12.1 Å². The smallest absolute Gasteiger partial charge is 0.276 e. The van der Waals surface area contributed by atoms with Crippen LogP contribution in [0.5, 0.6) is 5.75 Å². The van der Waals surface area contributed by atoms with E-state index in [2.05, 4.69) is 10.9 Å². The number of hydrazine groups is 1. The van der Waals surface area contributed by atoms with Gasteiger partial charge in [-0.25, -0.2) is 0 Å². The molecule has 0 saturated heterocycles. The first-order valence-corrected chi connectivity index (χ1v) is 6.31. The van der Waals surface area contributed by atoms with Gasteiger partial charge in [0.25, 0.3) is 5.91 Å². The molecule has 0 aliphatic carbocycles. The van der Waals surface area contributed by atoms with Gasteiger partial charge in [-0.1, -0.05) is 35.9 Å². The second-order valence-electron chi connectivity index (χ2n) is 4.11. The van der Waals surface area contributed by atoms with Crippen molar-refractivity contribution in [3.63, 3.8) is 0 Å². The maximum Gasteiger partial charge on any atom is 0.276 e. The number of hydrogen-bond acceptors (Lipinski definition) is 3. The summed E-state index contributed by atoms with van der Waals surface area (Å²) in [5.74, 6) is -0.238. The monoisotopic (exact) mass is 292 g/mol. The normalized spacial score (nSPS) is 10.1. The molecule has 2 aromatic carbocycles. The molecule has 0 aliphatic heterocycles. The average molecular weight is 293 g/mol. The predicted octanol–water partition coefficient (Wildman–Crippen LogP) is 2.04. The Balaban J connectivity index is 2.09. The third-order valence-corrected chi connectivity index (χ3v) is 2.90. The summed E-state index contributed by atoms with van der Waals surface area (Å²) in [5.41, 5.74) is 4.41. The summed E-state index contributed by atoms with van der Waals surface area (Å²) < 4.78 is 5.45. The molecule has 5 nitrogen and oxygen atoms in total. The number of nitrogens with one attached hydrogen (secondary N) is 2. The molecule has 2 aromatic rings. The quantitative estimate of drug-likeness (QED) is 0.851. The summed E-state index contributed by atoms with van der Waals surface area (Å²) in [6.45, 7) is 1.10. The van der Waals surface area contributed by atoms with Gasteiger partial charge in [0.1, 0.15) is 5.75 Å². The molecule has 0 heterocycles. The number of fused-ring (bicyclic) bond motifs is 1. The van der Waals surface area contributed by atoms with Gasteiger partial charge in [0.15, 0.2) is 6.61 Å². The fourth-order valence-corrected chi connectivity index (χ4v) is 1.93. The van der Waals surface area contributed by atoms with Crippen molar-refractivity contribution in [1.29, 1.82) is 0 Å². The third kappa shape index (κ3) is 3.39. The summed E-state index contributed by atoms with van der Waals surface area (Å²) in [7, 11) is 0. The van der Waals surface area contributed by atoms with Crippen molar-refractivity contribution in [2.75, 3.05) is 6.61 Å². The van der Waals surface area contributed by atoms with Crippen molar-refractivity contribution in [3.05, 3.63) is 41.4 Å². The fraction of sp³-hybridized carbons (Fsp3) is 0.143. The largest absolute Gasteiger partial charge is 0.483 e. The first kappa shape index (κ1) is 14.1. The number of ether oxygens (including phenoxy) is 1. The fourth-order valence-electron chi connectivity index (χ4n) is 1.70. The number of benzene rings is 2. The summed E-state index contributed by atoms with van der Waals surface area (Å²) in [5, 5.41) is 2.30. The van der Waals surface area contributed by atoms with Crippen molar-refractivity contribution in [1.82, 2.24) is 10.9 Å². The molecule has 2 amide bonds. The number of amides is 2. The Kier molecular flexibility index (Phi) is 4.42. The molecule has 0 spiro atoms. The summed E-state index contributed by atoms with van der Waals surface area (Å²) in [6.07, 6.45) is 0. The van der Waals surface area contributed by atoms with E-state index < -0.39 is 5.91 Å². The summed E-state index contributed by atoms with van der Waals surface area (Å²) in [4.78, 5) is 22.1. The zero-order valence-electron chi connectivity index (χ0n) is 10.8. The molecule has 2 rings (SSSR count). The molecule has 0 unspecified atom stereocenters. The Bertz CT molecular complexity index is 658. The van der Waals surface area contributed by atoms with Gasteiger partial charge in [0.2, 0.25) is 5.91 Å². The minimum Gasteiger partial charge on any atom is -0.483 e. The highest BCUT2D eigenvalue weighted by Gasteiger charge is 2.07. The minimum atomic E-state index is -0.445. The molecule has 0 atom stereocenters. The van der Waals surface area contributed by atoms with Crippen LogP contribution in [0.3, 0.4) is 0 Å². The van der Waals surface area contributed by atoms with E-state index in [-0.39, 0.29) is 12.5 Å². The lowest BCUT2D eigenvalue weighted by atomic mass is 10.1. The Labute approximate surface area is 120 Å². The summed E-state index contributed by atoms with van der Waals surface area (Å²) >= 11 is 6.09. The molecule has 2 N–H and O–H groups in total. The lowest BCUT2D eigenvalue weighted by Crippen LogP contribution is -2.42. The molecular formula is C14H13ClN2O3. The van der Waals surface area contributed by atoms with E-state index in [1.54, 1.807) is 12.1 Å². The Morgan fingerprint density at radius 3 is 2.50 bits per heavy atom. The Morgan fingerprint density at radius 2 is 1.80 bits per heavy atom. The lowest BCUT2D eigenvalue weighted by molar-refractivity contribution is -0.129. The van der Waals surface area contributed by atoms with E-state index in [1.807, 2.05) is 24.3 Å². The highest BCUT2D eigenvalue weighted by atomic mass is 35.5. The Morgan fingerprint density at radius 1 is 1.10 bits per heavy atom. The van der Waals surface area contributed by atoms with E-state index in [1.165, 1.54) is 6.92 Å².